The van der Waals surface area contributed by atoms with Crippen LogP contribution < -0.4 is 5.32 Å². The summed E-state index contributed by atoms with van der Waals surface area (Å²) in [5, 5.41) is 3.56. The average molecular weight is 238 g/mol. The van der Waals surface area contributed by atoms with Gasteiger partial charge in [0.2, 0.25) is 0 Å². The fourth-order valence-electron chi connectivity index (χ4n) is 2.25. The lowest BCUT2D eigenvalue weighted by molar-refractivity contribution is 0.0937. The van der Waals surface area contributed by atoms with Gasteiger partial charge in [0.1, 0.15) is 0 Å². The number of nitrogens with one attached hydrogen (secondary N) is 1. The van der Waals surface area contributed by atoms with Crippen molar-refractivity contribution in [3.63, 3.8) is 0 Å². The van der Waals surface area contributed by atoms with Crippen LogP contribution in [0.2, 0.25) is 5.02 Å². The van der Waals surface area contributed by atoms with Crippen molar-refractivity contribution in [3.8, 4) is 0 Å². The lowest BCUT2D eigenvalue weighted by Gasteiger charge is -2.13. The molecule has 2 atom stereocenters. The Balaban J connectivity index is 2.01. The second-order valence-corrected chi connectivity index (χ2v) is 4.98. The van der Waals surface area contributed by atoms with E-state index < -0.39 is 0 Å². The van der Waals surface area contributed by atoms with E-state index in [-0.39, 0.29) is 5.91 Å². The SMILES string of the molecule is CC1CCC(NC(=O)c2ccccc2Cl)C1. The predicted molar refractivity (Wildman–Crippen MR) is 65.7 cm³/mol. The Morgan fingerprint density at radius 3 is 2.75 bits per heavy atom. The van der Waals surface area contributed by atoms with Gasteiger partial charge in [-0.05, 0) is 37.3 Å². The van der Waals surface area contributed by atoms with Gasteiger partial charge in [-0.1, -0.05) is 30.7 Å². The molecule has 1 aliphatic carbocycles. The van der Waals surface area contributed by atoms with E-state index >= 15 is 0 Å². The van der Waals surface area contributed by atoms with Crippen LogP contribution in [0.15, 0.2) is 24.3 Å². The van der Waals surface area contributed by atoms with Gasteiger partial charge in [-0.25, -0.2) is 0 Å². The molecule has 1 fully saturated rings. The van der Waals surface area contributed by atoms with Crippen molar-refractivity contribution in [2.45, 2.75) is 32.2 Å². The highest BCUT2D eigenvalue weighted by Gasteiger charge is 2.23. The molecule has 86 valence electrons. The molecule has 2 unspecified atom stereocenters. The normalized spacial score (nSPS) is 24.4. The van der Waals surface area contributed by atoms with Crippen molar-refractivity contribution < 1.29 is 4.79 Å². The fourth-order valence-corrected chi connectivity index (χ4v) is 2.47. The molecule has 1 aliphatic rings. The molecule has 0 spiro atoms. The van der Waals surface area contributed by atoms with Gasteiger partial charge in [0.25, 0.3) is 5.91 Å². The van der Waals surface area contributed by atoms with E-state index in [9.17, 15) is 4.79 Å². The van der Waals surface area contributed by atoms with Gasteiger partial charge in [0.15, 0.2) is 0 Å². The maximum atomic E-state index is 11.9. The fraction of sp³-hybridized carbons (Fsp3) is 0.462. The maximum absolute atomic E-state index is 11.9. The van der Waals surface area contributed by atoms with E-state index in [4.69, 9.17) is 11.6 Å². The molecule has 2 rings (SSSR count). The summed E-state index contributed by atoms with van der Waals surface area (Å²) in [7, 11) is 0. The van der Waals surface area contributed by atoms with Gasteiger partial charge in [0, 0.05) is 6.04 Å². The van der Waals surface area contributed by atoms with Crippen molar-refractivity contribution in [2.75, 3.05) is 0 Å². The first-order chi connectivity index (χ1) is 7.66. The zero-order chi connectivity index (χ0) is 11.5. The van der Waals surface area contributed by atoms with Gasteiger partial charge < -0.3 is 5.32 Å². The van der Waals surface area contributed by atoms with Gasteiger partial charge >= 0.3 is 0 Å². The number of amides is 1. The summed E-state index contributed by atoms with van der Waals surface area (Å²) < 4.78 is 0. The molecule has 0 saturated heterocycles. The monoisotopic (exact) mass is 237 g/mol. The van der Waals surface area contributed by atoms with Gasteiger partial charge in [-0.15, -0.1) is 0 Å². The van der Waals surface area contributed by atoms with Crippen LogP contribution in [0.3, 0.4) is 0 Å². The van der Waals surface area contributed by atoms with E-state index in [2.05, 4.69) is 12.2 Å². The van der Waals surface area contributed by atoms with Crippen LogP contribution in [0.5, 0.6) is 0 Å². The summed E-state index contributed by atoms with van der Waals surface area (Å²) in [4.78, 5) is 11.9. The minimum absolute atomic E-state index is 0.0512. The number of rotatable bonds is 2. The largest absolute Gasteiger partial charge is 0.349 e. The highest BCUT2D eigenvalue weighted by Crippen LogP contribution is 2.25. The molecule has 3 heteroatoms. The molecular weight excluding hydrogens is 222 g/mol. The highest BCUT2D eigenvalue weighted by molar-refractivity contribution is 6.33. The molecule has 1 N–H and O–H groups in total. The van der Waals surface area contributed by atoms with E-state index in [1.54, 1.807) is 12.1 Å². The van der Waals surface area contributed by atoms with Crippen LogP contribution >= 0.6 is 11.6 Å². The standard InChI is InChI=1S/C13H16ClNO/c1-9-6-7-10(8-9)15-13(16)11-4-2-3-5-12(11)14/h2-5,9-10H,6-8H2,1H3,(H,15,16). The molecule has 1 aromatic rings. The Morgan fingerprint density at radius 2 is 2.12 bits per heavy atom. The topological polar surface area (TPSA) is 29.1 Å². The third-order valence-electron chi connectivity index (χ3n) is 3.15. The first-order valence-corrected chi connectivity index (χ1v) is 6.10. The molecular formula is C13H16ClNO. The lowest BCUT2D eigenvalue weighted by Crippen LogP contribution is -2.33. The molecule has 1 saturated carbocycles. The Bertz CT molecular complexity index is 391. The molecule has 16 heavy (non-hydrogen) atoms. The molecule has 0 bridgehead atoms. The van der Waals surface area contributed by atoms with Crippen LogP contribution in [-0.2, 0) is 0 Å². The van der Waals surface area contributed by atoms with Crippen LogP contribution in [0.4, 0.5) is 0 Å². The molecule has 1 aromatic carbocycles. The third kappa shape index (κ3) is 2.56. The van der Waals surface area contributed by atoms with Crippen molar-refractivity contribution >= 4 is 17.5 Å². The summed E-state index contributed by atoms with van der Waals surface area (Å²) in [6.45, 7) is 2.22. The Kier molecular flexibility index (Phi) is 3.49. The minimum atomic E-state index is -0.0512. The van der Waals surface area contributed by atoms with Crippen molar-refractivity contribution in [3.05, 3.63) is 34.9 Å². The van der Waals surface area contributed by atoms with Gasteiger partial charge in [-0.2, -0.15) is 0 Å². The van der Waals surface area contributed by atoms with Crippen LogP contribution in [0.1, 0.15) is 36.5 Å². The van der Waals surface area contributed by atoms with E-state index in [0.717, 1.165) is 18.8 Å². The quantitative estimate of drug-likeness (QED) is 0.841. The number of hydrogen-bond donors (Lipinski definition) is 1. The van der Waals surface area contributed by atoms with E-state index in [1.165, 1.54) is 6.42 Å². The van der Waals surface area contributed by atoms with Crippen LogP contribution in [0, 0.1) is 5.92 Å². The van der Waals surface area contributed by atoms with E-state index in [0.29, 0.717) is 16.6 Å². The predicted octanol–water partition coefficient (Wildman–Crippen LogP) is 3.26. The van der Waals surface area contributed by atoms with Gasteiger partial charge in [0.05, 0.1) is 10.6 Å². The molecule has 0 aromatic heterocycles. The molecule has 0 heterocycles. The van der Waals surface area contributed by atoms with Crippen molar-refractivity contribution in [1.82, 2.24) is 5.32 Å². The highest BCUT2D eigenvalue weighted by atomic mass is 35.5. The van der Waals surface area contributed by atoms with Crippen LogP contribution in [0.25, 0.3) is 0 Å². The Morgan fingerprint density at radius 1 is 1.38 bits per heavy atom. The van der Waals surface area contributed by atoms with Crippen LogP contribution in [-0.4, -0.2) is 11.9 Å². The Labute approximate surface area is 101 Å². The molecule has 1 amide bonds. The molecule has 0 radical (unpaired) electrons. The zero-order valence-electron chi connectivity index (χ0n) is 9.37. The maximum Gasteiger partial charge on any atom is 0.253 e. The number of hydrogen-bond acceptors (Lipinski definition) is 1. The summed E-state index contributed by atoms with van der Waals surface area (Å²) in [6.07, 6.45) is 3.36. The number of carbonyl (C=O) groups excluding carboxylic acids is 1. The summed E-state index contributed by atoms with van der Waals surface area (Å²) in [5.74, 6) is 0.668. The Hall–Kier alpha value is -1.02. The smallest absolute Gasteiger partial charge is 0.253 e. The van der Waals surface area contributed by atoms with E-state index in [1.807, 2.05) is 12.1 Å². The zero-order valence-corrected chi connectivity index (χ0v) is 10.1. The second-order valence-electron chi connectivity index (χ2n) is 4.57. The van der Waals surface area contributed by atoms with Crippen molar-refractivity contribution in [1.29, 1.82) is 0 Å². The number of benzene rings is 1. The summed E-state index contributed by atoms with van der Waals surface area (Å²) in [5.41, 5.74) is 0.573. The molecule has 0 aliphatic heterocycles. The first kappa shape index (κ1) is 11.5. The summed E-state index contributed by atoms with van der Waals surface area (Å²) >= 11 is 5.97. The third-order valence-corrected chi connectivity index (χ3v) is 3.48. The molecule has 2 nitrogen and oxygen atoms in total. The second kappa shape index (κ2) is 4.88. The minimum Gasteiger partial charge on any atom is -0.349 e. The summed E-state index contributed by atoms with van der Waals surface area (Å²) in [6, 6.07) is 7.48. The lowest BCUT2D eigenvalue weighted by atomic mass is 10.1. The van der Waals surface area contributed by atoms with Crippen molar-refractivity contribution in [2.24, 2.45) is 5.92 Å². The average Bonchev–Trinajstić information content (AvgIpc) is 2.64. The van der Waals surface area contributed by atoms with Gasteiger partial charge in [-0.3, -0.25) is 4.79 Å². The number of carbonyl (C=O) groups is 1. The first-order valence-electron chi connectivity index (χ1n) is 5.72. The number of halogens is 1.